The van der Waals surface area contributed by atoms with Gasteiger partial charge in [-0.15, -0.1) is 0 Å². The van der Waals surface area contributed by atoms with Gasteiger partial charge in [-0.25, -0.2) is 0 Å². The van der Waals surface area contributed by atoms with Gasteiger partial charge >= 0.3 is 0 Å². The molecule has 1 heterocycles. The molecule has 1 aliphatic rings. The number of hydrogen-bond donors (Lipinski definition) is 0. The molecule has 1 nitrogen and oxygen atoms in total. The summed E-state index contributed by atoms with van der Waals surface area (Å²) < 4.78 is 5.41. The van der Waals surface area contributed by atoms with E-state index in [-0.39, 0.29) is 5.41 Å². The lowest BCUT2D eigenvalue weighted by molar-refractivity contribution is 0.181. The smallest absolute Gasteiger partial charge is 0.0561 e. The molecule has 1 aromatic rings. The summed E-state index contributed by atoms with van der Waals surface area (Å²) in [6, 6.07) is 10.6. The van der Waals surface area contributed by atoms with Gasteiger partial charge in [0.25, 0.3) is 0 Å². The minimum absolute atomic E-state index is 0.265. The Bertz CT molecular complexity index is 247. The van der Waals surface area contributed by atoms with E-state index in [1.807, 2.05) is 0 Å². The first-order valence-electron chi connectivity index (χ1n) is 4.45. The zero-order chi connectivity index (χ0) is 8.44. The molecule has 12 heavy (non-hydrogen) atoms. The highest BCUT2D eigenvalue weighted by molar-refractivity contribution is 5.25. The fourth-order valence-electron chi connectivity index (χ4n) is 1.74. The Morgan fingerprint density at radius 2 is 2.00 bits per heavy atom. The normalized spacial score (nSPS) is 29.1. The average molecular weight is 162 g/mol. The second-order valence-electron chi connectivity index (χ2n) is 3.73. The molecule has 0 N–H and O–H groups in total. The highest BCUT2D eigenvalue weighted by Crippen LogP contribution is 2.31. The van der Waals surface area contributed by atoms with Crippen LogP contribution >= 0.6 is 0 Å². The van der Waals surface area contributed by atoms with Crippen molar-refractivity contribution >= 4 is 0 Å². The molecule has 0 bridgehead atoms. The van der Waals surface area contributed by atoms with E-state index in [1.54, 1.807) is 0 Å². The van der Waals surface area contributed by atoms with E-state index in [4.69, 9.17) is 4.74 Å². The summed E-state index contributed by atoms with van der Waals surface area (Å²) in [7, 11) is 0. The third kappa shape index (κ3) is 1.25. The lowest BCUT2D eigenvalue weighted by atomic mass is 9.82. The van der Waals surface area contributed by atoms with Crippen LogP contribution in [0, 0.1) is 0 Å². The molecule has 1 unspecified atom stereocenters. The van der Waals surface area contributed by atoms with E-state index < -0.39 is 0 Å². The van der Waals surface area contributed by atoms with Crippen LogP contribution in [0.25, 0.3) is 0 Å². The van der Waals surface area contributed by atoms with Crippen molar-refractivity contribution in [1.82, 2.24) is 0 Å². The van der Waals surface area contributed by atoms with Gasteiger partial charge in [-0.1, -0.05) is 37.3 Å². The molecule has 0 saturated carbocycles. The molecule has 1 saturated heterocycles. The predicted octanol–water partition coefficient (Wildman–Crippen LogP) is 2.36. The van der Waals surface area contributed by atoms with Gasteiger partial charge in [-0.05, 0) is 12.0 Å². The molecule has 0 spiro atoms. The Balaban J connectivity index is 2.29. The predicted molar refractivity (Wildman–Crippen MR) is 49.2 cm³/mol. The fraction of sp³-hybridized carbons (Fsp3) is 0.455. The second-order valence-corrected chi connectivity index (χ2v) is 3.73. The minimum atomic E-state index is 0.265. The van der Waals surface area contributed by atoms with Crippen LogP contribution in [0.2, 0.25) is 0 Å². The largest absolute Gasteiger partial charge is 0.381 e. The highest BCUT2D eigenvalue weighted by Gasteiger charge is 2.30. The molecule has 1 aromatic carbocycles. The van der Waals surface area contributed by atoms with Gasteiger partial charge in [-0.3, -0.25) is 0 Å². The third-order valence-corrected chi connectivity index (χ3v) is 2.69. The quantitative estimate of drug-likeness (QED) is 0.616. The van der Waals surface area contributed by atoms with Crippen molar-refractivity contribution in [3.63, 3.8) is 0 Å². The lowest BCUT2D eigenvalue weighted by Crippen LogP contribution is -2.21. The van der Waals surface area contributed by atoms with Gasteiger partial charge in [0.05, 0.1) is 6.61 Å². The van der Waals surface area contributed by atoms with Crippen molar-refractivity contribution < 1.29 is 4.74 Å². The van der Waals surface area contributed by atoms with Crippen LogP contribution in [0.1, 0.15) is 18.9 Å². The van der Waals surface area contributed by atoms with Crippen molar-refractivity contribution in [2.75, 3.05) is 13.2 Å². The molecule has 64 valence electrons. The minimum Gasteiger partial charge on any atom is -0.381 e. The first kappa shape index (κ1) is 7.81. The zero-order valence-electron chi connectivity index (χ0n) is 7.42. The highest BCUT2D eigenvalue weighted by atomic mass is 16.5. The molecule has 2 rings (SSSR count). The fourth-order valence-corrected chi connectivity index (χ4v) is 1.74. The van der Waals surface area contributed by atoms with E-state index in [1.165, 1.54) is 5.56 Å². The topological polar surface area (TPSA) is 9.23 Å². The molecule has 1 aliphatic heterocycles. The summed E-state index contributed by atoms with van der Waals surface area (Å²) in [5.41, 5.74) is 1.67. The summed E-state index contributed by atoms with van der Waals surface area (Å²) >= 11 is 0. The van der Waals surface area contributed by atoms with Gasteiger partial charge < -0.3 is 4.74 Å². The Morgan fingerprint density at radius 3 is 2.58 bits per heavy atom. The van der Waals surface area contributed by atoms with E-state index in [0.29, 0.717) is 0 Å². The number of rotatable bonds is 1. The van der Waals surface area contributed by atoms with E-state index >= 15 is 0 Å². The molecule has 0 aromatic heterocycles. The van der Waals surface area contributed by atoms with Crippen LogP contribution in [0.4, 0.5) is 0 Å². The van der Waals surface area contributed by atoms with Crippen molar-refractivity contribution in [3.8, 4) is 0 Å². The lowest BCUT2D eigenvalue weighted by Gasteiger charge is -2.21. The molecular weight excluding hydrogens is 148 g/mol. The number of ether oxygens (including phenoxy) is 1. The summed E-state index contributed by atoms with van der Waals surface area (Å²) in [4.78, 5) is 0. The second kappa shape index (κ2) is 2.91. The van der Waals surface area contributed by atoms with Crippen LogP contribution < -0.4 is 0 Å². The summed E-state index contributed by atoms with van der Waals surface area (Å²) in [5, 5.41) is 0. The van der Waals surface area contributed by atoms with E-state index in [9.17, 15) is 0 Å². The van der Waals surface area contributed by atoms with Crippen molar-refractivity contribution in [1.29, 1.82) is 0 Å². The van der Waals surface area contributed by atoms with Crippen LogP contribution in [-0.4, -0.2) is 13.2 Å². The Hall–Kier alpha value is -0.820. The van der Waals surface area contributed by atoms with Gasteiger partial charge in [0, 0.05) is 12.0 Å². The molecule has 1 heteroatoms. The van der Waals surface area contributed by atoms with E-state index in [2.05, 4.69) is 37.3 Å². The van der Waals surface area contributed by atoms with Gasteiger partial charge in [0.1, 0.15) is 0 Å². The average Bonchev–Trinajstić information content (AvgIpc) is 2.55. The molecule has 0 aliphatic carbocycles. The molecule has 0 amide bonds. The van der Waals surface area contributed by atoms with Crippen molar-refractivity contribution in [2.45, 2.75) is 18.8 Å². The molecule has 0 radical (unpaired) electrons. The summed E-state index contributed by atoms with van der Waals surface area (Å²) in [6.07, 6.45) is 1.15. The van der Waals surface area contributed by atoms with Crippen LogP contribution in [0.15, 0.2) is 30.3 Å². The molecular formula is C11H14O. The molecule has 1 atom stereocenters. The first-order valence-corrected chi connectivity index (χ1v) is 4.45. The van der Waals surface area contributed by atoms with Crippen LogP contribution in [0.3, 0.4) is 0 Å². The maximum atomic E-state index is 5.41. The maximum Gasteiger partial charge on any atom is 0.0561 e. The SMILES string of the molecule is CC1(c2ccccc2)CCOC1. The van der Waals surface area contributed by atoms with E-state index in [0.717, 1.165) is 19.6 Å². The first-order chi connectivity index (χ1) is 5.81. The van der Waals surface area contributed by atoms with Gasteiger partial charge in [0.15, 0.2) is 0 Å². The molecule has 1 fully saturated rings. The van der Waals surface area contributed by atoms with Crippen molar-refractivity contribution in [2.24, 2.45) is 0 Å². The Labute approximate surface area is 73.4 Å². The Kier molecular flexibility index (Phi) is 1.89. The van der Waals surface area contributed by atoms with Crippen LogP contribution in [-0.2, 0) is 10.2 Å². The summed E-state index contributed by atoms with van der Waals surface area (Å²) in [5.74, 6) is 0. The van der Waals surface area contributed by atoms with Gasteiger partial charge in [0.2, 0.25) is 0 Å². The van der Waals surface area contributed by atoms with Gasteiger partial charge in [-0.2, -0.15) is 0 Å². The summed E-state index contributed by atoms with van der Waals surface area (Å²) in [6.45, 7) is 4.05. The maximum absolute atomic E-state index is 5.41. The third-order valence-electron chi connectivity index (χ3n) is 2.69. The number of hydrogen-bond acceptors (Lipinski definition) is 1. The monoisotopic (exact) mass is 162 g/mol. The standard InChI is InChI=1S/C11H14O/c1-11(7-8-12-9-11)10-5-3-2-4-6-10/h2-6H,7-9H2,1H3. The Morgan fingerprint density at radius 1 is 1.25 bits per heavy atom. The number of benzene rings is 1. The van der Waals surface area contributed by atoms with Crippen LogP contribution in [0.5, 0.6) is 0 Å². The zero-order valence-corrected chi connectivity index (χ0v) is 7.42. The van der Waals surface area contributed by atoms with Crippen molar-refractivity contribution in [3.05, 3.63) is 35.9 Å².